The first-order valence-corrected chi connectivity index (χ1v) is 3.27. The molecule has 0 unspecified atom stereocenters. The molecular formula is C7H10N2. The first-order valence-electron chi connectivity index (χ1n) is 3.27. The third-order valence-corrected chi connectivity index (χ3v) is 1.37. The lowest BCUT2D eigenvalue weighted by Gasteiger charge is -1.95. The Labute approximate surface area is 55.7 Å². The fraction of sp³-hybridized carbons (Fsp3) is 0.571. The monoisotopic (exact) mass is 122 g/mol. The van der Waals surface area contributed by atoms with Crippen molar-refractivity contribution < 1.29 is 0 Å². The van der Waals surface area contributed by atoms with E-state index in [0.717, 1.165) is 24.2 Å². The maximum Gasteiger partial charge on any atom is 0.198 e. The van der Waals surface area contributed by atoms with Crippen LogP contribution >= 0.6 is 0 Å². The van der Waals surface area contributed by atoms with E-state index in [1.165, 1.54) is 0 Å². The Morgan fingerprint density at radius 1 is 1.22 bits per heavy atom. The van der Waals surface area contributed by atoms with Crippen LogP contribution in [0.25, 0.3) is 0 Å². The van der Waals surface area contributed by atoms with Gasteiger partial charge in [-0.05, 0) is 12.8 Å². The number of rotatable bonds is 2. The number of hydrogen-bond acceptors (Lipinski definition) is 1. The van der Waals surface area contributed by atoms with Gasteiger partial charge in [0.15, 0.2) is 6.34 Å². The second kappa shape index (κ2) is 2.67. The van der Waals surface area contributed by atoms with E-state index in [1.54, 1.807) is 0 Å². The van der Waals surface area contributed by atoms with E-state index < -0.39 is 0 Å². The first-order chi connectivity index (χ1) is 4.38. The van der Waals surface area contributed by atoms with E-state index in [-0.39, 0.29) is 0 Å². The normalized spacial score (nSPS) is 16.7. The van der Waals surface area contributed by atoms with Crippen molar-refractivity contribution in [2.75, 3.05) is 0 Å². The van der Waals surface area contributed by atoms with Crippen molar-refractivity contribution >= 4 is 6.34 Å². The lowest BCUT2D eigenvalue weighted by molar-refractivity contribution is 0.936. The van der Waals surface area contributed by atoms with Crippen LogP contribution in [0.5, 0.6) is 0 Å². The van der Waals surface area contributed by atoms with Crippen LogP contribution in [0.15, 0.2) is 16.4 Å². The summed E-state index contributed by atoms with van der Waals surface area (Å²) >= 11 is 0. The largest absolute Gasteiger partial charge is 0.228 e. The summed E-state index contributed by atoms with van der Waals surface area (Å²) in [6.07, 6.45) is 4.54. The predicted molar refractivity (Wildman–Crippen MR) is 37.2 cm³/mol. The molecule has 2 nitrogen and oxygen atoms in total. The highest BCUT2D eigenvalue weighted by atomic mass is 15.0. The van der Waals surface area contributed by atoms with Crippen molar-refractivity contribution in [2.45, 2.75) is 26.7 Å². The maximum atomic E-state index is 3.97. The van der Waals surface area contributed by atoms with Gasteiger partial charge in [-0.2, -0.15) is 0 Å². The molecule has 0 N–H and O–H groups in total. The van der Waals surface area contributed by atoms with Gasteiger partial charge in [0.2, 0.25) is 0 Å². The van der Waals surface area contributed by atoms with Gasteiger partial charge in [0.25, 0.3) is 0 Å². The number of aliphatic imine (C=N–C) groups is 1. The van der Waals surface area contributed by atoms with Gasteiger partial charge in [-0.3, -0.25) is 0 Å². The quantitative estimate of drug-likeness (QED) is 0.531. The van der Waals surface area contributed by atoms with Gasteiger partial charge in [-0.25, -0.2) is 10.3 Å². The van der Waals surface area contributed by atoms with Crippen LogP contribution in [-0.2, 0) is 0 Å². The molecule has 48 valence electrons. The third kappa shape index (κ3) is 1.12. The summed E-state index contributed by atoms with van der Waals surface area (Å²) in [4.78, 5) is 3.97. The van der Waals surface area contributed by atoms with Crippen molar-refractivity contribution in [2.24, 2.45) is 4.99 Å². The summed E-state index contributed by atoms with van der Waals surface area (Å²) in [5.74, 6) is 0. The molecule has 0 atom stereocenters. The number of nitrogens with zero attached hydrogens (tertiary/aromatic N) is 2. The second-order valence-corrected chi connectivity index (χ2v) is 1.92. The van der Waals surface area contributed by atoms with E-state index in [2.05, 4.69) is 30.5 Å². The lowest BCUT2D eigenvalue weighted by Crippen LogP contribution is -1.95. The maximum absolute atomic E-state index is 3.97. The van der Waals surface area contributed by atoms with Gasteiger partial charge in [0.05, 0.1) is 11.4 Å². The summed E-state index contributed by atoms with van der Waals surface area (Å²) < 4.78 is 0. The fourth-order valence-electron chi connectivity index (χ4n) is 0.841. The summed E-state index contributed by atoms with van der Waals surface area (Å²) in [6.45, 7) is 4.16. The highest BCUT2D eigenvalue weighted by molar-refractivity contribution is 5.63. The van der Waals surface area contributed by atoms with Gasteiger partial charge in [0.1, 0.15) is 0 Å². The summed E-state index contributed by atoms with van der Waals surface area (Å²) in [5.41, 5.74) is 2.19. The van der Waals surface area contributed by atoms with Gasteiger partial charge in [0, 0.05) is 0 Å². The molecule has 1 aliphatic heterocycles. The van der Waals surface area contributed by atoms with Crippen LogP contribution in [0.4, 0.5) is 0 Å². The molecule has 0 spiro atoms. The topological polar surface area (TPSA) is 26.5 Å². The fourth-order valence-corrected chi connectivity index (χ4v) is 0.841. The molecule has 0 bridgehead atoms. The summed E-state index contributed by atoms with van der Waals surface area (Å²) in [5, 5.41) is 3.97. The van der Waals surface area contributed by atoms with Gasteiger partial charge in [-0.15, -0.1) is 0 Å². The molecule has 1 heterocycles. The van der Waals surface area contributed by atoms with E-state index in [9.17, 15) is 0 Å². The van der Waals surface area contributed by atoms with E-state index >= 15 is 0 Å². The average Bonchev–Trinajstić information content (AvgIpc) is 2.33. The summed E-state index contributed by atoms with van der Waals surface area (Å²) in [6, 6.07) is 0. The molecule has 0 aliphatic carbocycles. The Kier molecular flexibility index (Phi) is 1.88. The molecule has 0 aromatic heterocycles. The average molecular weight is 122 g/mol. The molecule has 0 aromatic carbocycles. The Hall–Kier alpha value is -0.790. The molecule has 1 aliphatic rings. The molecule has 1 rings (SSSR count). The Morgan fingerprint density at radius 2 is 1.89 bits per heavy atom. The Bertz CT molecular complexity index is 156. The van der Waals surface area contributed by atoms with Gasteiger partial charge >= 0.3 is 0 Å². The molecular weight excluding hydrogens is 112 g/mol. The third-order valence-electron chi connectivity index (χ3n) is 1.37. The van der Waals surface area contributed by atoms with Crippen molar-refractivity contribution in [3.63, 3.8) is 0 Å². The Morgan fingerprint density at radius 3 is 2.33 bits per heavy atom. The molecule has 2 radical (unpaired) electrons. The van der Waals surface area contributed by atoms with Crippen molar-refractivity contribution in [1.82, 2.24) is 5.32 Å². The van der Waals surface area contributed by atoms with E-state index in [4.69, 9.17) is 0 Å². The van der Waals surface area contributed by atoms with Crippen molar-refractivity contribution in [1.29, 1.82) is 0 Å². The van der Waals surface area contributed by atoms with Crippen molar-refractivity contribution in [3.05, 3.63) is 11.4 Å². The second-order valence-electron chi connectivity index (χ2n) is 1.92. The minimum atomic E-state index is 0.972. The minimum absolute atomic E-state index is 0.972. The zero-order valence-corrected chi connectivity index (χ0v) is 5.81. The molecule has 9 heavy (non-hydrogen) atoms. The van der Waals surface area contributed by atoms with Crippen LogP contribution in [0.3, 0.4) is 0 Å². The predicted octanol–water partition coefficient (Wildman–Crippen LogP) is 1.54. The van der Waals surface area contributed by atoms with E-state index in [0.29, 0.717) is 0 Å². The van der Waals surface area contributed by atoms with Crippen LogP contribution in [0.2, 0.25) is 0 Å². The van der Waals surface area contributed by atoms with Crippen molar-refractivity contribution in [3.8, 4) is 0 Å². The summed E-state index contributed by atoms with van der Waals surface area (Å²) in [7, 11) is 0. The van der Waals surface area contributed by atoms with Gasteiger partial charge < -0.3 is 0 Å². The van der Waals surface area contributed by atoms with Crippen LogP contribution in [0, 0.1) is 0 Å². The zero-order valence-electron chi connectivity index (χ0n) is 5.81. The van der Waals surface area contributed by atoms with Crippen LogP contribution in [-0.4, -0.2) is 6.34 Å². The zero-order chi connectivity index (χ0) is 6.69. The SMILES string of the molecule is CCC1=C(CC)N=[C][N]1. The molecule has 0 amide bonds. The van der Waals surface area contributed by atoms with E-state index in [1.807, 2.05) is 0 Å². The highest BCUT2D eigenvalue weighted by Gasteiger charge is 2.07. The molecule has 0 aromatic rings. The minimum Gasteiger partial charge on any atom is -0.228 e. The standard InChI is InChI=1S/C7H10N2/c1-3-6-7(4-2)9-5-8-6/h3-4H2,1-2H3. The Balaban J connectivity index is 2.67. The molecule has 0 fully saturated rings. The molecule has 0 saturated carbocycles. The highest BCUT2D eigenvalue weighted by Crippen LogP contribution is 2.14. The van der Waals surface area contributed by atoms with Crippen LogP contribution < -0.4 is 5.32 Å². The molecule has 0 saturated heterocycles. The van der Waals surface area contributed by atoms with Gasteiger partial charge in [-0.1, -0.05) is 13.8 Å². The number of hydrogen-bond donors (Lipinski definition) is 0. The first kappa shape index (κ1) is 6.33. The van der Waals surface area contributed by atoms with Crippen LogP contribution in [0.1, 0.15) is 26.7 Å². The smallest absolute Gasteiger partial charge is 0.198 e. The lowest BCUT2D eigenvalue weighted by atomic mass is 10.2. The number of allylic oxidation sites excluding steroid dienone is 2. The molecule has 2 heteroatoms.